The molecule has 0 radical (unpaired) electrons. The SMILES string of the molecule is NC(=O)N(C(N)=O)C(N)=S. The van der Waals surface area contributed by atoms with Crippen molar-refractivity contribution in [2.24, 2.45) is 17.2 Å². The number of carbonyl (C=O) groups excluding carboxylic acids is 2. The number of nitrogens with zero attached hydrogens (tertiary/aromatic N) is 1. The Morgan fingerprint density at radius 3 is 1.40 bits per heavy atom. The molecule has 0 rings (SSSR count). The zero-order valence-electron chi connectivity index (χ0n) is 4.90. The van der Waals surface area contributed by atoms with Gasteiger partial charge in [0.1, 0.15) is 0 Å². The predicted molar refractivity (Wildman–Crippen MR) is 37.8 cm³/mol. The molecule has 0 aliphatic heterocycles. The van der Waals surface area contributed by atoms with E-state index in [9.17, 15) is 9.59 Å². The van der Waals surface area contributed by atoms with Crippen molar-refractivity contribution in [1.29, 1.82) is 0 Å². The van der Waals surface area contributed by atoms with Crippen molar-refractivity contribution in [3.8, 4) is 0 Å². The summed E-state index contributed by atoms with van der Waals surface area (Å²) in [4.78, 5) is 20.8. The van der Waals surface area contributed by atoms with E-state index in [2.05, 4.69) is 23.7 Å². The van der Waals surface area contributed by atoms with Crippen LogP contribution in [0.5, 0.6) is 0 Å². The number of nitrogens with two attached hydrogens (primary N) is 3. The van der Waals surface area contributed by atoms with Gasteiger partial charge in [0.25, 0.3) is 0 Å². The van der Waals surface area contributed by atoms with Crippen molar-refractivity contribution >= 4 is 29.4 Å². The monoisotopic (exact) mass is 162 g/mol. The second-order valence-electron chi connectivity index (χ2n) is 1.35. The molecule has 0 aliphatic rings. The van der Waals surface area contributed by atoms with Gasteiger partial charge < -0.3 is 17.2 Å². The van der Waals surface area contributed by atoms with Crippen LogP contribution in [-0.2, 0) is 0 Å². The molecule has 0 spiro atoms. The number of primary amides is 2. The molecule has 0 heterocycles. The first kappa shape index (κ1) is 8.63. The number of rotatable bonds is 0. The van der Waals surface area contributed by atoms with Crippen LogP contribution in [0.4, 0.5) is 9.59 Å². The van der Waals surface area contributed by atoms with E-state index >= 15 is 0 Å². The molecule has 0 atom stereocenters. The number of imide groups is 1. The third kappa shape index (κ3) is 1.86. The number of urea groups is 2. The molecular weight excluding hydrogens is 156 g/mol. The van der Waals surface area contributed by atoms with Crippen LogP contribution >= 0.6 is 12.2 Å². The number of hydrogen-bond acceptors (Lipinski definition) is 3. The number of hydrogen-bond donors (Lipinski definition) is 3. The number of thiocarbonyl (C=S) groups is 1. The van der Waals surface area contributed by atoms with E-state index in [-0.39, 0.29) is 4.90 Å². The largest absolute Gasteiger partial charge is 0.375 e. The van der Waals surface area contributed by atoms with Crippen molar-refractivity contribution < 1.29 is 9.59 Å². The van der Waals surface area contributed by atoms with Crippen molar-refractivity contribution in [3.63, 3.8) is 0 Å². The Bertz CT molecular complexity index is 158. The highest BCUT2D eigenvalue weighted by Crippen LogP contribution is 1.85. The Morgan fingerprint density at radius 1 is 1.10 bits per heavy atom. The molecule has 0 fully saturated rings. The summed E-state index contributed by atoms with van der Waals surface area (Å²) >= 11 is 4.27. The van der Waals surface area contributed by atoms with Crippen LogP contribution in [0.3, 0.4) is 0 Å². The molecule has 0 unspecified atom stereocenters. The second kappa shape index (κ2) is 2.97. The van der Waals surface area contributed by atoms with Crippen LogP contribution < -0.4 is 17.2 Å². The molecular formula is C3H6N4O2S. The van der Waals surface area contributed by atoms with E-state index in [1.165, 1.54) is 0 Å². The zero-order chi connectivity index (χ0) is 8.31. The summed E-state index contributed by atoms with van der Waals surface area (Å²) in [5.41, 5.74) is 14.2. The first-order valence-electron chi connectivity index (χ1n) is 2.15. The van der Waals surface area contributed by atoms with E-state index in [4.69, 9.17) is 5.73 Å². The molecule has 0 aliphatic carbocycles. The molecule has 0 bridgehead atoms. The molecule has 0 saturated heterocycles. The van der Waals surface area contributed by atoms with Gasteiger partial charge in [-0.15, -0.1) is 0 Å². The lowest BCUT2D eigenvalue weighted by atomic mass is 10.7. The van der Waals surface area contributed by atoms with Gasteiger partial charge in [-0.2, -0.15) is 4.90 Å². The second-order valence-corrected chi connectivity index (χ2v) is 1.77. The van der Waals surface area contributed by atoms with Crippen LogP contribution in [0, 0.1) is 0 Å². The van der Waals surface area contributed by atoms with Crippen LogP contribution in [0.15, 0.2) is 0 Å². The zero-order valence-corrected chi connectivity index (χ0v) is 5.72. The first-order valence-corrected chi connectivity index (χ1v) is 2.56. The van der Waals surface area contributed by atoms with E-state index in [0.29, 0.717) is 0 Å². The van der Waals surface area contributed by atoms with Crippen molar-refractivity contribution in [2.45, 2.75) is 0 Å². The molecule has 0 aromatic heterocycles. The van der Waals surface area contributed by atoms with Gasteiger partial charge in [-0.1, -0.05) is 0 Å². The van der Waals surface area contributed by atoms with Crippen LogP contribution in [0.1, 0.15) is 0 Å². The molecule has 56 valence electrons. The average molecular weight is 162 g/mol. The summed E-state index contributed by atoms with van der Waals surface area (Å²) in [5, 5.41) is -0.458. The summed E-state index contributed by atoms with van der Waals surface area (Å²) in [6.45, 7) is 0. The summed E-state index contributed by atoms with van der Waals surface area (Å²) in [6, 6.07) is -2.17. The van der Waals surface area contributed by atoms with Gasteiger partial charge in [0.2, 0.25) is 0 Å². The fourth-order valence-electron chi connectivity index (χ4n) is 0.326. The third-order valence-electron chi connectivity index (χ3n) is 0.661. The van der Waals surface area contributed by atoms with Crippen molar-refractivity contribution in [2.75, 3.05) is 0 Å². The highest BCUT2D eigenvalue weighted by atomic mass is 32.1. The average Bonchev–Trinajstić information content (AvgIpc) is 1.59. The minimum Gasteiger partial charge on any atom is -0.375 e. The molecule has 7 heteroatoms. The minimum atomic E-state index is -1.08. The fraction of sp³-hybridized carbons (Fsp3) is 0. The maximum Gasteiger partial charge on any atom is 0.329 e. The fourth-order valence-corrected chi connectivity index (χ4v) is 0.506. The molecule has 10 heavy (non-hydrogen) atoms. The third-order valence-corrected chi connectivity index (χ3v) is 0.844. The number of amides is 4. The maximum absolute atomic E-state index is 10.3. The topological polar surface area (TPSA) is 115 Å². The highest BCUT2D eigenvalue weighted by molar-refractivity contribution is 7.80. The Morgan fingerprint density at radius 2 is 1.40 bits per heavy atom. The summed E-state index contributed by atoms with van der Waals surface area (Å²) < 4.78 is 0. The van der Waals surface area contributed by atoms with Crippen LogP contribution in [0.2, 0.25) is 0 Å². The molecule has 0 saturated carbocycles. The standard InChI is InChI=1S/C3H6N4O2S/c4-1(8)7(2(5)9)3(6)10/h(H2,4,8)(H2,5,9)(H2,6,10). The van der Waals surface area contributed by atoms with Gasteiger partial charge >= 0.3 is 12.1 Å². The molecule has 4 amide bonds. The van der Waals surface area contributed by atoms with Gasteiger partial charge in [0.05, 0.1) is 0 Å². The highest BCUT2D eigenvalue weighted by Gasteiger charge is 2.17. The molecule has 0 aromatic carbocycles. The Hall–Kier alpha value is -1.37. The minimum absolute atomic E-state index is 0.287. The van der Waals surface area contributed by atoms with Gasteiger partial charge in [0, 0.05) is 0 Å². The maximum atomic E-state index is 10.3. The lowest BCUT2D eigenvalue weighted by Crippen LogP contribution is -2.50. The van der Waals surface area contributed by atoms with Gasteiger partial charge in [0.15, 0.2) is 5.11 Å². The number of carbonyl (C=O) groups is 2. The predicted octanol–water partition coefficient (Wildman–Crippen LogP) is -1.31. The van der Waals surface area contributed by atoms with Crippen molar-refractivity contribution in [3.05, 3.63) is 0 Å². The molecule has 6 N–H and O–H groups in total. The van der Waals surface area contributed by atoms with Gasteiger partial charge in [-0.25, -0.2) is 9.59 Å². The Balaban J connectivity index is 4.43. The van der Waals surface area contributed by atoms with Crippen molar-refractivity contribution in [1.82, 2.24) is 4.90 Å². The van der Waals surface area contributed by atoms with Gasteiger partial charge in [-0.3, -0.25) is 0 Å². The van der Waals surface area contributed by atoms with Crippen LogP contribution in [-0.4, -0.2) is 22.1 Å². The molecule has 0 aromatic rings. The van der Waals surface area contributed by atoms with E-state index in [1.807, 2.05) is 0 Å². The smallest absolute Gasteiger partial charge is 0.329 e. The molecule has 6 nitrogen and oxygen atoms in total. The summed E-state index contributed by atoms with van der Waals surface area (Å²) in [5.74, 6) is 0. The van der Waals surface area contributed by atoms with E-state index in [1.54, 1.807) is 0 Å². The van der Waals surface area contributed by atoms with Gasteiger partial charge in [-0.05, 0) is 12.2 Å². The quantitative estimate of drug-likeness (QED) is 0.383. The van der Waals surface area contributed by atoms with E-state index < -0.39 is 17.2 Å². The van der Waals surface area contributed by atoms with E-state index in [0.717, 1.165) is 0 Å². The normalized spacial score (nSPS) is 8.40. The lowest BCUT2D eigenvalue weighted by Gasteiger charge is -2.11. The summed E-state index contributed by atoms with van der Waals surface area (Å²) in [6.07, 6.45) is 0. The Kier molecular flexibility index (Phi) is 2.56. The summed E-state index contributed by atoms with van der Waals surface area (Å²) in [7, 11) is 0. The lowest BCUT2D eigenvalue weighted by molar-refractivity contribution is 0.216. The van der Waals surface area contributed by atoms with Crippen LogP contribution in [0.25, 0.3) is 0 Å². The first-order chi connectivity index (χ1) is 4.46. The Labute approximate surface area is 61.9 Å².